The van der Waals surface area contributed by atoms with Gasteiger partial charge in [0.15, 0.2) is 0 Å². The van der Waals surface area contributed by atoms with Gasteiger partial charge >= 0.3 is 0 Å². The zero-order chi connectivity index (χ0) is 28.0. The van der Waals surface area contributed by atoms with E-state index in [9.17, 15) is 0 Å². The molecule has 0 aliphatic carbocycles. The van der Waals surface area contributed by atoms with Crippen molar-refractivity contribution in [1.82, 2.24) is 4.57 Å². The summed E-state index contributed by atoms with van der Waals surface area (Å²) in [6.45, 7) is 0. The number of nitrogens with one attached hydrogen (secondary N) is 1. The predicted octanol–water partition coefficient (Wildman–Crippen LogP) is 10.3. The van der Waals surface area contributed by atoms with Crippen LogP contribution in [0.3, 0.4) is 0 Å². The van der Waals surface area contributed by atoms with Gasteiger partial charge in [-0.15, -0.1) is 11.3 Å². The first-order chi connectivity index (χ1) is 20.8. The molecular formula is C38H25N3S. The van der Waals surface area contributed by atoms with Crippen molar-refractivity contribution in [2.45, 2.75) is 0 Å². The van der Waals surface area contributed by atoms with Gasteiger partial charge in [0.05, 0.1) is 27.1 Å². The van der Waals surface area contributed by atoms with Crippen LogP contribution < -0.4 is 0 Å². The number of hydrogen-bond donors (Lipinski definition) is 1. The number of rotatable bonds is 5. The molecule has 0 amide bonds. The molecule has 0 saturated heterocycles. The summed E-state index contributed by atoms with van der Waals surface area (Å²) in [5.74, 6) is 0. The van der Waals surface area contributed by atoms with E-state index in [1.165, 1.54) is 42.0 Å². The van der Waals surface area contributed by atoms with Gasteiger partial charge in [-0.2, -0.15) is 0 Å². The monoisotopic (exact) mass is 555 g/mol. The normalized spacial score (nSPS) is 11.8. The van der Waals surface area contributed by atoms with Crippen molar-refractivity contribution in [3.05, 3.63) is 156 Å². The molecule has 0 spiro atoms. The van der Waals surface area contributed by atoms with Crippen LogP contribution in [-0.2, 0) is 0 Å². The van der Waals surface area contributed by atoms with Crippen LogP contribution in [0.4, 0.5) is 5.69 Å². The lowest BCUT2D eigenvalue weighted by Gasteiger charge is -2.09. The first-order valence-corrected chi connectivity index (χ1v) is 14.8. The number of benzene rings is 6. The summed E-state index contributed by atoms with van der Waals surface area (Å²) >= 11 is 1.87. The van der Waals surface area contributed by atoms with Crippen LogP contribution in [0.1, 0.15) is 16.7 Å². The van der Waals surface area contributed by atoms with E-state index in [0.29, 0.717) is 5.71 Å². The van der Waals surface area contributed by atoms with Crippen LogP contribution in [0, 0.1) is 5.41 Å². The number of fused-ring (bicyclic) bond motifs is 7. The lowest BCUT2D eigenvalue weighted by molar-refractivity contribution is 1.19. The van der Waals surface area contributed by atoms with Crippen LogP contribution in [0.5, 0.6) is 0 Å². The van der Waals surface area contributed by atoms with Crippen LogP contribution in [0.25, 0.3) is 47.7 Å². The van der Waals surface area contributed by atoms with Crippen molar-refractivity contribution in [3.63, 3.8) is 0 Å². The number of aliphatic imine (C=N–C) groups is 1. The number of nitrogens with zero attached hydrogens (tertiary/aromatic N) is 2. The Bertz CT molecular complexity index is 2310. The van der Waals surface area contributed by atoms with Crippen molar-refractivity contribution in [2.24, 2.45) is 4.99 Å². The summed E-state index contributed by atoms with van der Waals surface area (Å²) < 4.78 is 5.02. The van der Waals surface area contributed by atoms with Crippen molar-refractivity contribution in [2.75, 3.05) is 0 Å². The van der Waals surface area contributed by atoms with Gasteiger partial charge in [0.2, 0.25) is 0 Å². The number of thiophene rings is 1. The molecule has 0 bridgehead atoms. The molecule has 6 aromatic carbocycles. The molecule has 0 aliphatic rings. The topological polar surface area (TPSA) is 41.1 Å². The molecule has 8 rings (SSSR count). The summed E-state index contributed by atoms with van der Waals surface area (Å²) in [5, 5.41) is 13.9. The van der Waals surface area contributed by atoms with Crippen LogP contribution in [-0.4, -0.2) is 16.5 Å². The fourth-order valence-electron chi connectivity index (χ4n) is 5.91. The molecule has 0 fully saturated rings. The second kappa shape index (κ2) is 9.95. The fraction of sp³-hybridized carbons (Fsp3) is 0. The van der Waals surface area contributed by atoms with Crippen molar-refractivity contribution in [3.8, 4) is 5.69 Å². The summed E-state index contributed by atoms with van der Waals surface area (Å²) in [4.78, 5) is 4.81. The standard InChI is InChI=1S/C38H25N3S/c39-36(26-10-2-1-3-11-26)32-14-4-7-15-33(32)40-24-25-18-20-27(21-19-25)41-34-16-8-5-12-28(34)30-22-23-31-29-13-6-9-17-35(29)42-38(31)37(30)41/h1-24,39H/b39-36?,40-24+. The maximum atomic E-state index is 8.75. The molecule has 4 heteroatoms. The molecular weight excluding hydrogens is 531 g/mol. The van der Waals surface area contributed by atoms with Crippen molar-refractivity contribution in [1.29, 1.82) is 5.41 Å². The fourth-order valence-corrected chi connectivity index (χ4v) is 7.15. The highest BCUT2D eigenvalue weighted by atomic mass is 32.1. The smallest absolute Gasteiger partial charge is 0.0723 e. The average molecular weight is 556 g/mol. The molecule has 2 aromatic heterocycles. The Balaban J connectivity index is 1.22. The molecule has 8 aromatic rings. The van der Waals surface area contributed by atoms with Crippen LogP contribution in [0.15, 0.2) is 145 Å². The third-order valence-electron chi connectivity index (χ3n) is 7.92. The molecule has 0 radical (unpaired) electrons. The summed E-state index contributed by atoms with van der Waals surface area (Å²) in [6, 6.07) is 48.2. The Labute approximate surface area is 247 Å². The number of aromatic nitrogens is 1. The summed E-state index contributed by atoms with van der Waals surface area (Å²) in [5.41, 5.74) is 7.53. The van der Waals surface area contributed by atoms with Gasteiger partial charge in [-0.05, 0) is 35.9 Å². The average Bonchev–Trinajstić information content (AvgIpc) is 3.60. The van der Waals surface area contributed by atoms with Crippen LogP contribution >= 0.6 is 11.3 Å². The lowest BCUT2D eigenvalue weighted by atomic mass is 10.0. The van der Waals surface area contributed by atoms with Gasteiger partial charge in [-0.25, -0.2) is 0 Å². The molecule has 0 atom stereocenters. The molecule has 2 heterocycles. The molecule has 3 nitrogen and oxygen atoms in total. The minimum Gasteiger partial charge on any atom is -0.308 e. The second-order valence-electron chi connectivity index (χ2n) is 10.4. The van der Waals surface area contributed by atoms with Gasteiger partial charge in [-0.3, -0.25) is 10.4 Å². The highest BCUT2D eigenvalue weighted by Crippen LogP contribution is 2.42. The van der Waals surface area contributed by atoms with Gasteiger partial charge in [0, 0.05) is 49.3 Å². The van der Waals surface area contributed by atoms with E-state index in [-0.39, 0.29) is 0 Å². The zero-order valence-corrected chi connectivity index (χ0v) is 23.5. The quantitative estimate of drug-likeness (QED) is 0.205. The Morgan fingerprint density at radius 3 is 2.17 bits per heavy atom. The molecule has 0 saturated carbocycles. The third-order valence-corrected chi connectivity index (χ3v) is 9.11. The highest BCUT2D eigenvalue weighted by molar-refractivity contribution is 7.26. The van der Waals surface area contributed by atoms with E-state index in [4.69, 9.17) is 10.4 Å². The third kappa shape index (κ3) is 3.96. The van der Waals surface area contributed by atoms with Gasteiger partial charge in [-0.1, -0.05) is 109 Å². The maximum Gasteiger partial charge on any atom is 0.0723 e. The van der Waals surface area contributed by atoms with Gasteiger partial charge < -0.3 is 4.57 Å². The first kappa shape index (κ1) is 24.5. The van der Waals surface area contributed by atoms with Crippen molar-refractivity contribution >= 4 is 70.9 Å². The largest absolute Gasteiger partial charge is 0.308 e. The number of hydrogen-bond acceptors (Lipinski definition) is 3. The second-order valence-corrected chi connectivity index (χ2v) is 11.4. The molecule has 0 unspecified atom stereocenters. The highest BCUT2D eigenvalue weighted by Gasteiger charge is 2.17. The summed E-state index contributed by atoms with van der Waals surface area (Å²) in [7, 11) is 0. The first-order valence-electron chi connectivity index (χ1n) is 14.0. The maximum absolute atomic E-state index is 8.75. The number of para-hydroxylation sites is 2. The molecule has 198 valence electrons. The molecule has 0 aliphatic heterocycles. The Morgan fingerprint density at radius 1 is 0.619 bits per heavy atom. The van der Waals surface area contributed by atoms with E-state index in [1.54, 1.807) is 0 Å². The minimum absolute atomic E-state index is 0.470. The molecule has 1 N–H and O–H groups in total. The van der Waals surface area contributed by atoms with E-state index >= 15 is 0 Å². The van der Waals surface area contributed by atoms with Crippen LogP contribution in [0.2, 0.25) is 0 Å². The summed E-state index contributed by atoms with van der Waals surface area (Å²) in [6.07, 6.45) is 1.89. The van der Waals surface area contributed by atoms with Gasteiger partial charge in [0.1, 0.15) is 0 Å². The van der Waals surface area contributed by atoms with E-state index < -0.39 is 0 Å². The van der Waals surface area contributed by atoms with Crippen molar-refractivity contribution < 1.29 is 0 Å². The van der Waals surface area contributed by atoms with E-state index in [2.05, 4.69) is 89.5 Å². The molecule has 42 heavy (non-hydrogen) atoms. The Hall–Kier alpha value is -5.32. The zero-order valence-electron chi connectivity index (χ0n) is 22.7. The SMILES string of the molecule is N=C(c1ccccc1)c1ccccc1/N=C/c1ccc(-n2c3ccccc3c3ccc4c5ccccc5sc4c32)cc1. The Kier molecular flexibility index (Phi) is 5.80. The minimum atomic E-state index is 0.470. The van der Waals surface area contributed by atoms with E-state index in [1.807, 2.05) is 72.1 Å². The Morgan fingerprint density at radius 2 is 1.31 bits per heavy atom. The van der Waals surface area contributed by atoms with Gasteiger partial charge in [0.25, 0.3) is 0 Å². The lowest BCUT2D eigenvalue weighted by Crippen LogP contribution is -2.01. The predicted molar refractivity (Wildman–Crippen MR) is 180 cm³/mol. The van der Waals surface area contributed by atoms with E-state index in [0.717, 1.165) is 28.1 Å².